The van der Waals surface area contributed by atoms with Crippen LogP contribution in [0.1, 0.15) is 49.4 Å². The number of piperidine rings is 1. The highest BCUT2D eigenvalue weighted by Gasteiger charge is 2.16. The number of hydrogen-bond acceptors (Lipinski definition) is 2. The van der Waals surface area contributed by atoms with E-state index in [4.69, 9.17) is 12.2 Å². The van der Waals surface area contributed by atoms with Gasteiger partial charge in [0, 0.05) is 24.5 Å². The van der Waals surface area contributed by atoms with E-state index in [2.05, 4.69) is 85.7 Å². The Bertz CT molecular complexity index is 777. The Hall–Kier alpha value is -2.07. The molecule has 0 spiro atoms. The van der Waals surface area contributed by atoms with E-state index < -0.39 is 0 Å². The van der Waals surface area contributed by atoms with Crippen LogP contribution < -0.4 is 15.5 Å². The minimum absolute atomic E-state index is 0.159. The van der Waals surface area contributed by atoms with Crippen molar-refractivity contribution in [2.75, 3.05) is 23.3 Å². The molecule has 2 aromatic rings. The van der Waals surface area contributed by atoms with Gasteiger partial charge in [-0.1, -0.05) is 36.8 Å². The predicted octanol–water partition coefficient (Wildman–Crippen LogP) is 5.59. The van der Waals surface area contributed by atoms with Gasteiger partial charge < -0.3 is 15.5 Å². The fourth-order valence-electron chi connectivity index (χ4n) is 3.63. The number of hydrogen-bond donors (Lipinski definition) is 2. The van der Waals surface area contributed by atoms with Crippen molar-refractivity contribution in [1.82, 2.24) is 5.32 Å². The molecule has 0 saturated carbocycles. The zero-order chi connectivity index (χ0) is 19.4. The smallest absolute Gasteiger partial charge is 0.171 e. The molecule has 144 valence electrons. The minimum atomic E-state index is 0.159. The lowest BCUT2D eigenvalue weighted by Crippen LogP contribution is -2.33. The number of nitrogens with one attached hydrogen (secondary N) is 2. The summed E-state index contributed by atoms with van der Waals surface area (Å²) in [6.45, 7) is 11.0. The molecule has 27 heavy (non-hydrogen) atoms. The number of anilines is 2. The van der Waals surface area contributed by atoms with Gasteiger partial charge in [-0.3, -0.25) is 0 Å². The lowest BCUT2D eigenvalue weighted by Gasteiger charge is -2.32. The van der Waals surface area contributed by atoms with E-state index in [1.165, 1.54) is 35.2 Å². The van der Waals surface area contributed by atoms with Gasteiger partial charge in [0.05, 0.1) is 6.04 Å². The second kappa shape index (κ2) is 8.75. The molecule has 0 aliphatic carbocycles. The summed E-state index contributed by atoms with van der Waals surface area (Å²) in [6, 6.07) is 15.4. The van der Waals surface area contributed by atoms with Crippen LogP contribution in [0.25, 0.3) is 0 Å². The highest BCUT2D eigenvalue weighted by atomic mass is 32.1. The van der Waals surface area contributed by atoms with Crippen LogP contribution in [-0.4, -0.2) is 18.2 Å². The molecule has 0 unspecified atom stereocenters. The summed E-state index contributed by atoms with van der Waals surface area (Å²) in [5, 5.41) is 7.37. The summed E-state index contributed by atoms with van der Waals surface area (Å²) in [6.07, 6.45) is 2.58. The molecule has 4 heteroatoms. The Balaban J connectivity index is 1.57. The third-order valence-electron chi connectivity index (χ3n) is 5.52. The predicted molar refractivity (Wildman–Crippen MR) is 121 cm³/mol. The van der Waals surface area contributed by atoms with Crippen LogP contribution in [-0.2, 0) is 0 Å². The largest absolute Gasteiger partial charge is 0.372 e. The molecule has 1 aliphatic rings. The number of thiocarbonyl (C=S) groups is 1. The van der Waals surface area contributed by atoms with Crippen LogP contribution >= 0.6 is 12.2 Å². The number of rotatable bonds is 4. The molecule has 2 aromatic carbocycles. The zero-order valence-corrected chi connectivity index (χ0v) is 17.7. The molecule has 1 heterocycles. The summed E-state index contributed by atoms with van der Waals surface area (Å²) in [4.78, 5) is 2.49. The Morgan fingerprint density at radius 1 is 1.07 bits per heavy atom. The van der Waals surface area contributed by atoms with E-state index in [0.717, 1.165) is 24.7 Å². The second-order valence-electron chi connectivity index (χ2n) is 7.90. The van der Waals surface area contributed by atoms with Gasteiger partial charge in [-0.05, 0) is 81.1 Å². The summed E-state index contributed by atoms with van der Waals surface area (Å²) < 4.78 is 0. The number of nitrogens with zero attached hydrogens (tertiary/aromatic N) is 1. The van der Waals surface area contributed by atoms with Crippen LogP contribution in [0.3, 0.4) is 0 Å². The van der Waals surface area contributed by atoms with Crippen molar-refractivity contribution >= 4 is 28.7 Å². The molecule has 0 bridgehead atoms. The molecule has 1 saturated heterocycles. The molecular formula is C23H31N3S. The lowest BCUT2D eigenvalue weighted by atomic mass is 9.98. The van der Waals surface area contributed by atoms with Crippen LogP contribution in [0.15, 0.2) is 42.5 Å². The molecule has 1 aliphatic heterocycles. The van der Waals surface area contributed by atoms with Crippen LogP contribution in [0.4, 0.5) is 11.4 Å². The molecule has 3 nitrogen and oxygen atoms in total. The first kappa shape index (κ1) is 19.7. The Morgan fingerprint density at radius 2 is 1.74 bits per heavy atom. The zero-order valence-electron chi connectivity index (χ0n) is 16.9. The van der Waals surface area contributed by atoms with Gasteiger partial charge in [0.15, 0.2) is 5.11 Å². The molecule has 0 radical (unpaired) electrons. The fourth-order valence-corrected chi connectivity index (χ4v) is 3.92. The third kappa shape index (κ3) is 5.23. The molecule has 0 amide bonds. The summed E-state index contributed by atoms with van der Waals surface area (Å²) >= 11 is 5.51. The van der Waals surface area contributed by atoms with Crippen molar-refractivity contribution in [3.8, 4) is 0 Å². The molecule has 1 fully saturated rings. The van der Waals surface area contributed by atoms with Gasteiger partial charge in [-0.15, -0.1) is 0 Å². The maximum atomic E-state index is 5.51. The number of benzene rings is 2. The monoisotopic (exact) mass is 381 g/mol. The van der Waals surface area contributed by atoms with Crippen molar-refractivity contribution in [3.05, 3.63) is 59.2 Å². The SMILES string of the molecule is Cc1ccc(NC(=S)N[C@H](C)c2ccc(N3CCC(C)CC3)cc2)c(C)c1. The number of aryl methyl sites for hydroxylation is 2. The summed E-state index contributed by atoms with van der Waals surface area (Å²) in [5.41, 5.74) is 6.09. The van der Waals surface area contributed by atoms with Gasteiger partial charge in [-0.25, -0.2) is 0 Å². The average molecular weight is 382 g/mol. The topological polar surface area (TPSA) is 27.3 Å². The first-order valence-corrected chi connectivity index (χ1v) is 10.3. The van der Waals surface area contributed by atoms with Gasteiger partial charge in [0.1, 0.15) is 0 Å². The standard InChI is InChI=1S/C23H31N3S/c1-16-11-13-26(14-12-16)21-8-6-20(7-9-21)19(4)24-23(27)25-22-10-5-17(2)15-18(22)3/h5-10,15-16,19H,11-14H2,1-4H3,(H2,24,25,27)/t19-/m1/s1. The molecule has 2 N–H and O–H groups in total. The van der Waals surface area contributed by atoms with Crippen LogP contribution in [0.5, 0.6) is 0 Å². The Morgan fingerprint density at radius 3 is 2.37 bits per heavy atom. The van der Waals surface area contributed by atoms with Crippen molar-refractivity contribution < 1.29 is 0 Å². The highest BCUT2D eigenvalue weighted by Crippen LogP contribution is 2.24. The highest BCUT2D eigenvalue weighted by molar-refractivity contribution is 7.80. The van der Waals surface area contributed by atoms with Gasteiger partial charge in [0.25, 0.3) is 0 Å². The van der Waals surface area contributed by atoms with E-state index in [0.29, 0.717) is 5.11 Å². The normalized spacial score (nSPS) is 16.1. The Labute approximate surface area is 169 Å². The minimum Gasteiger partial charge on any atom is -0.372 e. The van der Waals surface area contributed by atoms with E-state index in [9.17, 15) is 0 Å². The quantitative estimate of drug-likeness (QED) is 0.675. The second-order valence-corrected chi connectivity index (χ2v) is 8.31. The van der Waals surface area contributed by atoms with Crippen LogP contribution in [0.2, 0.25) is 0 Å². The molecule has 1 atom stereocenters. The van der Waals surface area contributed by atoms with Crippen molar-refractivity contribution in [2.45, 2.75) is 46.6 Å². The van der Waals surface area contributed by atoms with E-state index in [-0.39, 0.29) is 6.04 Å². The lowest BCUT2D eigenvalue weighted by molar-refractivity contribution is 0.438. The van der Waals surface area contributed by atoms with E-state index in [1.807, 2.05) is 0 Å². The first-order valence-electron chi connectivity index (χ1n) is 9.92. The average Bonchev–Trinajstić information content (AvgIpc) is 2.65. The van der Waals surface area contributed by atoms with Gasteiger partial charge >= 0.3 is 0 Å². The maximum Gasteiger partial charge on any atom is 0.171 e. The van der Waals surface area contributed by atoms with E-state index >= 15 is 0 Å². The van der Waals surface area contributed by atoms with Crippen molar-refractivity contribution in [2.24, 2.45) is 5.92 Å². The fraction of sp³-hybridized carbons (Fsp3) is 0.435. The van der Waals surface area contributed by atoms with Gasteiger partial charge in [-0.2, -0.15) is 0 Å². The molecule has 3 rings (SSSR count). The maximum absolute atomic E-state index is 5.51. The summed E-state index contributed by atoms with van der Waals surface area (Å²) in [5.74, 6) is 0.857. The van der Waals surface area contributed by atoms with Crippen molar-refractivity contribution in [1.29, 1.82) is 0 Å². The first-order chi connectivity index (χ1) is 12.9. The van der Waals surface area contributed by atoms with E-state index in [1.54, 1.807) is 0 Å². The summed E-state index contributed by atoms with van der Waals surface area (Å²) in [7, 11) is 0. The van der Waals surface area contributed by atoms with Gasteiger partial charge in [0.2, 0.25) is 0 Å². The molecule has 0 aromatic heterocycles. The Kier molecular flexibility index (Phi) is 6.38. The third-order valence-corrected chi connectivity index (χ3v) is 5.74. The van der Waals surface area contributed by atoms with Crippen molar-refractivity contribution in [3.63, 3.8) is 0 Å². The molecular weight excluding hydrogens is 350 g/mol. The van der Waals surface area contributed by atoms with Crippen LogP contribution in [0, 0.1) is 19.8 Å².